The molecule has 0 aliphatic heterocycles. The predicted octanol–water partition coefficient (Wildman–Crippen LogP) is 3.96. The van der Waals surface area contributed by atoms with Crippen LogP contribution in [0.25, 0.3) is 0 Å². The molecule has 9 heteroatoms. The minimum absolute atomic E-state index is 0. The number of halogens is 1. The molecule has 1 aliphatic rings. The van der Waals surface area contributed by atoms with Gasteiger partial charge in [0.05, 0.1) is 32.1 Å². The number of nitrogens with one attached hydrogen (secondary N) is 2. The Hall–Kier alpha value is -2.01. The molecule has 0 amide bonds. The van der Waals surface area contributed by atoms with Crippen molar-refractivity contribution in [2.45, 2.75) is 65.3 Å². The lowest BCUT2D eigenvalue weighted by Crippen LogP contribution is -2.36. The standard InChI is InChI=1S/C24H37N5O3.HI/c1-17-21(18(2)29(28-17)13-14-30-4)16-27-24(25-3)26-15-19-9-8-12-22(31-5)23(19)32-20-10-6-7-11-20;/h8-9,12,20H,6-7,10-11,13-16H2,1-5H3,(H2,25,26,27);1H. The number of methoxy groups -OCH3 is 2. The lowest BCUT2D eigenvalue weighted by molar-refractivity contribution is 0.182. The first kappa shape index (κ1) is 27.2. The van der Waals surface area contributed by atoms with E-state index < -0.39 is 0 Å². The molecular weight excluding hydrogens is 533 g/mol. The van der Waals surface area contributed by atoms with Crippen LogP contribution in [0.15, 0.2) is 23.2 Å². The summed E-state index contributed by atoms with van der Waals surface area (Å²) < 4.78 is 19.1. The van der Waals surface area contributed by atoms with Crippen LogP contribution < -0.4 is 20.1 Å². The molecular formula is C24H38IN5O3. The van der Waals surface area contributed by atoms with Crippen LogP contribution in [0.2, 0.25) is 0 Å². The Morgan fingerprint density at radius 3 is 2.55 bits per heavy atom. The van der Waals surface area contributed by atoms with Crippen molar-refractivity contribution in [3.63, 3.8) is 0 Å². The zero-order chi connectivity index (χ0) is 22.9. The Bertz CT molecular complexity index is 910. The summed E-state index contributed by atoms with van der Waals surface area (Å²) in [6.45, 7) is 6.75. The molecule has 2 aromatic rings. The summed E-state index contributed by atoms with van der Waals surface area (Å²) in [5.74, 6) is 2.33. The number of hydrogen-bond acceptors (Lipinski definition) is 5. The van der Waals surface area contributed by atoms with E-state index in [1.807, 2.05) is 23.7 Å². The van der Waals surface area contributed by atoms with Gasteiger partial charge in [0.1, 0.15) is 0 Å². The second-order valence-electron chi connectivity index (χ2n) is 8.12. The highest BCUT2D eigenvalue weighted by Crippen LogP contribution is 2.34. The molecule has 0 spiro atoms. The lowest BCUT2D eigenvalue weighted by atomic mass is 10.1. The van der Waals surface area contributed by atoms with Crippen LogP contribution in [0.4, 0.5) is 0 Å². The van der Waals surface area contributed by atoms with Gasteiger partial charge in [-0.05, 0) is 45.6 Å². The molecule has 0 bridgehead atoms. The highest BCUT2D eigenvalue weighted by Gasteiger charge is 2.20. The van der Waals surface area contributed by atoms with Crippen molar-refractivity contribution in [3.8, 4) is 11.5 Å². The van der Waals surface area contributed by atoms with Crippen LogP contribution in [-0.4, -0.2) is 49.7 Å². The normalized spacial score (nSPS) is 14.2. The second-order valence-corrected chi connectivity index (χ2v) is 8.12. The second kappa shape index (κ2) is 13.6. The summed E-state index contributed by atoms with van der Waals surface area (Å²) in [5.41, 5.74) is 4.39. The third kappa shape index (κ3) is 7.23. The topological polar surface area (TPSA) is 81.9 Å². The minimum Gasteiger partial charge on any atom is -0.493 e. The molecule has 3 rings (SSSR count). The first-order chi connectivity index (χ1) is 15.6. The lowest BCUT2D eigenvalue weighted by Gasteiger charge is -2.20. The molecule has 1 aromatic heterocycles. The summed E-state index contributed by atoms with van der Waals surface area (Å²) in [4.78, 5) is 4.38. The molecule has 33 heavy (non-hydrogen) atoms. The summed E-state index contributed by atoms with van der Waals surface area (Å²) in [6.07, 6.45) is 4.92. The molecule has 1 heterocycles. The van der Waals surface area contributed by atoms with Crippen molar-refractivity contribution in [1.82, 2.24) is 20.4 Å². The van der Waals surface area contributed by atoms with Crippen LogP contribution in [0.1, 0.15) is 48.2 Å². The third-order valence-corrected chi connectivity index (χ3v) is 6.01. The van der Waals surface area contributed by atoms with E-state index in [9.17, 15) is 0 Å². The van der Waals surface area contributed by atoms with E-state index in [4.69, 9.17) is 14.2 Å². The first-order valence-corrected chi connectivity index (χ1v) is 11.4. The van der Waals surface area contributed by atoms with Gasteiger partial charge in [-0.3, -0.25) is 9.67 Å². The molecule has 8 nitrogen and oxygen atoms in total. The summed E-state index contributed by atoms with van der Waals surface area (Å²) in [5, 5.41) is 11.4. The molecule has 184 valence electrons. The number of hydrogen-bond donors (Lipinski definition) is 2. The van der Waals surface area contributed by atoms with Crippen molar-refractivity contribution in [3.05, 3.63) is 40.7 Å². The maximum Gasteiger partial charge on any atom is 0.191 e. The van der Waals surface area contributed by atoms with Gasteiger partial charge >= 0.3 is 0 Å². The van der Waals surface area contributed by atoms with Crippen LogP contribution in [0.3, 0.4) is 0 Å². The van der Waals surface area contributed by atoms with Gasteiger partial charge in [0.25, 0.3) is 0 Å². The fraction of sp³-hybridized carbons (Fsp3) is 0.583. The van der Waals surface area contributed by atoms with E-state index in [-0.39, 0.29) is 30.1 Å². The van der Waals surface area contributed by atoms with Crippen LogP contribution in [0.5, 0.6) is 11.5 Å². The Kier molecular flexibility index (Phi) is 11.3. The van der Waals surface area contributed by atoms with E-state index in [1.54, 1.807) is 21.3 Å². The molecule has 0 saturated heterocycles. The van der Waals surface area contributed by atoms with E-state index in [2.05, 4.69) is 33.7 Å². The monoisotopic (exact) mass is 571 g/mol. The van der Waals surface area contributed by atoms with Gasteiger partial charge < -0.3 is 24.8 Å². The fourth-order valence-corrected chi connectivity index (χ4v) is 4.12. The molecule has 1 aromatic carbocycles. The number of aryl methyl sites for hydroxylation is 1. The van der Waals surface area contributed by atoms with Crippen LogP contribution >= 0.6 is 24.0 Å². The number of para-hydroxylation sites is 1. The third-order valence-electron chi connectivity index (χ3n) is 6.01. The molecule has 1 fully saturated rings. The molecule has 0 radical (unpaired) electrons. The fourth-order valence-electron chi connectivity index (χ4n) is 4.12. The van der Waals surface area contributed by atoms with Crippen molar-refractivity contribution < 1.29 is 14.2 Å². The number of guanidine groups is 1. The summed E-state index contributed by atoms with van der Waals surface area (Å²) in [6, 6.07) is 6.02. The summed E-state index contributed by atoms with van der Waals surface area (Å²) >= 11 is 0. The SMILES string of the molecule is CN=C(NCc1cccc(OC)c1OC1CCCC1)NCc1c(C)nn(CCOC)c1C.I. The van der Waals surface area contributed by atoms with Gasteiger partial charge in [-0.2, -0.15) is 5.10 Å². The average Bonchev–Trinajstić information content (AvgIpc) is 3.41. The van der Waals surface area contributed by atoms with E-state index in [0.717, 1.165) is 53.8 Å². The number of aromatic nitrogens is 2. The van der Waals surface area contributed by atoms with Crippen molar-refractivity contribution in [2.75, 3.05) is 27.9 Å². The Morgan fingerprint density at radius 2 is 1.88 bits per heavy atom. The van der Waals surface area contributed by atoms with Crippen molar-refractivity contribution in [2.24, 2.45) is 4.99 Å². The smallest absolute Gasteiger partial charge is 0.191 e. The maximum atomic E-state index is 6.34. The van der Waals surface area contributed by atoms with Crippen molar-refractivity contribution >= 4 is 29.9 Å². The van der Waals surface area contributed by atoms with Gasteiger partial charge in [-0.15, -0.1) is 24.0 Å². The van der Waals surface area contributed by atoms with Gasteiger partial charge in [0.2, 0.25) is 0 Å². The number of ether oxygens (including phenoxy) is 3. The number of aliphatic imine (C=N–C) groups is 1. The van der Waals surface area contributed by atoms with Crippen LogP contribution in [-0.2, 0) is 24.4 Å². The Labute approximate surface area is 214 Å². The van der Waals surface area contributed by atoms with E-state index >= 15 is 0 Å². The quantitative estimate of drug-likeness (QED) is 0.255. The van der Waals surface area contributed by atoms with Gasteiger partial charge in [0, 0.05) is 44.1 Å². The van der Waals surface area contributed by atoms with E-state index in [1.165, 1.54) is 18.4 Å². The Morgan fingerprint density at radius 1 is 1.15 bits per heavy atom. The zero-order valence-electron chi connectivity index (χ0n) is 20.4. The largest absolute Gasteiger partial charge is 0.493 e. The number of nitrogens with zero attached hydrogens (tertiary/aromatic N) is 3. The minimum atomic E-state index is 0. The van der Waals surface area contributed by atoms with Gasteiger partial charge in [0.15, 0.2) is 17.5 Å². The predicted molar refractivity (Wildman–Crippen MR) is 142 cm³/mol. The Balaban J connectivity index is 0.00000385. The number of benzene rings is 1. The maximum absolute atomic E-state index is 6.34. The first-order valence-electron chi connectivity index (χ1n) is 11.4. The average molecular weight is 572 g/mol. The van der Waals surface area contributed by atoms with Gasteiger partial charge in [-0.25, -0.2) is 0 Å². The number of rotatable bonds is 10. The molecule has 0 unspecified atom stereocenters. The van der Waals surface area contributed by atoms with Crippen molar-refractivity contribution in [1.29, 1.82) is 0 Å². The van der Waals surface area contributed by atoms with E-state index in [0.29, 0.717) is 19.7 Å². The molecule has 1 saturated carbocycles. The highest BCUT2D eigenvalue weighted by molar-refractivity contribution is 14.0. The highest BCUT2D eigenvalue weighted by atomic mass is 127. The molecule has 2 N–H and O–H groups in total. The molecule has 0 atom stereocenters. The zero-order valence-corrected chi connectivity index (χ0v) is 22.8. The summed E-state index contributed by atoms with van der Waals surface area (Å²) in [7, 11) is 5.17. The van der Waals surface area contributed by atoms with Crippen LogP contribution in [0, 0.1) is 13.8 Å². The molecule has 1 aliphatic carbocycles. The van der Waals surface area contributed by atoms with Gasteiger partial charge in [-0.1, -0.05) is 12.1 Å².